The van der Waals surface area contributed by atoms with Gasteiger partial charge in [0, 0.05) is 5.02 Å². The number of nitrogens with one attached hydrogen (secondary N) is 1. The molecule has 3 aromatic rings. The number of hydrogen-bond donors (Lipinski definition) is 1. The molecule has 1 heterocycles. The van der Waals surface area contributed by atoms with E-state index in [4.69, 9.17) is 27.9 Å². The molecule has 3 rings (SSSR count). The summed E-state index contributed by atoms with van der Waals surface area (Å²) in [5, 5.41) is 3.32. The van der Waals surface area contributed by atoms with Gasteiger partial charge in [-0.1, -0.05) is 35.1 Å². The molecule has 0 fully saturated rings. The van der Waals surface area contributed by atoms with Crippen molar-refractivity contribution in [2.24, 2.45) is 0 Å². The van der Waals surface area contributed by atoms with Gasteiger partial charge in [0.25, 0.3) is 0 Å². The largest absolute Gasteiger partial charge is 0.489 e. The number of hydrogen-bond acceptors (Lipinski definition) is 4. The Morgan fingerprint density at radius 3 is 2.75 bits per heavy atom. The third-order valence-electron chi connectivity index (χ3n) is 3.27. The Balaban J connectivity index is 1.71. The molecule has 0 unspecified atom stereocenters. The van der Waals surface area contributed by atoms with Gasteiger partial charge >= 0.3 is 0 Å². The van der Waals surface area contributed by atoms with E-state index in [1.54, 1.807) is 6.92 Å². The number of benzene rings is 2. The molecule has 124 valence electrons. The van der Waals surface area contributed by atoms with Crippen molar-refractivity contribution in [3.05, 3.63) is 53.1 Å². The first kappa shape index (κ1) is 17.0. The number of ether oxygens (including phenoxy) is 1. The molecule has 1 atom stereocenters. The Hall–Kier alpha value is -1.82. The molecule has 0 spiro atoms. The van der Waals surface area contributed by atoms with Gasteiger partial charge in [-0.25, -0.2) is 4.98 Å². The van der Waals surface area contributed by atoms with Crippen LogP contribution >= 0.6 is 34.5 Å². The van der Waals surface area contributed by atoms with Crippen LogP contribution in [0.5, 0.6) is 5.75 Å². The van der Waals surface area contributed by atoms with Crippen molar-refractivity contribution in [2.75, 3.05) is 5.32 Å². The minimum atomic E-state index is -0.602. The molecule has 1 amide bonds. The van der Waals surface area contributed by atoms with E-state index in [1.165, 1.54) is 11.3 Å². The molecule has 1 aromatic heterocycles. The first-order valence-electron chi connectivity index (χ1n) is 7.24. The zero-order valence-electron chi connectivity index (χ0n) is 12.8. The second kappa shape index (κ2) is 7.38. The van der Waals surface area contributed by atoms with Crippen molar-refractivity contribution in [1.29, 1.82) is 0 Å². The molecule has 0 aliphatic carbocycles. The predicted molar refractivity (Wildman–Crippen MR) is 99.3 cm³/mol. The highest BCUT2D eigenvalue weighted by Gasteiger charge is 2.12. The predicted octanol–water partition coefficient (Wildman–Crippen LogP) is 5.09. The highest BCUT2D eigenvalue weighted by molar-refractivity contribution is 7.22. The fourth-order valence-corrected chi connectivity index (χ4v) is 3.08. The van der Waals surface area contributed by atoms with Crippen molar-refractivity contribution >= 4 is 55.8 Å². The van der Waals surface area contributed by atoms with Crippen LogP contribution in [0.1, 0.15) is 12.5 Å². The average molecular weight is 381 g/mol. The second-order valence-electron chi connectivity index (χ2n) is 5.17. The summed E-state index contributed by atoms with van der Waals surface area (Å²) in [6, 6.07) is 13.1. The lowest BCUT2D eigenvalue weighted by Crippen LogP contribution is -2.19. The van der Waals surface area contributed by atoms with Crippen molar-refractivity contribution < 1.29 is 9.53 Å². The lowest BCUT2D eigenvalue weighted by atomic mass is 10.2. The minimum absolute atomic E-state index is 0.269. The Kier molecular flexibility index (Phi) is 5.23. The second-order valence-corrected chi connectivity index (χ2v) is 7.29. The van der Waals surface area contributed by atoms with Gasteiger partial charge in [0.05, 0.1) is 10.2 Å². The first-order chi connectivity index (χ1) is 11.5. The molecule has 0 radical (unpaired) electrons. The van der Waals surface area contributed by atoms with Crippen molar-refractivity contribution in [2.45, 2.75) is 18.9 Å². The number of halogens is 2. The van der Waals surface area contributed by atoms with E-state index in [0.29, 0.717) is 16.8 Å². The third kappa shape index (κ3) is 4.17. The molecular weight excluding hydrogens is 367 g/mol. The van der Waals surface area contributed by atoms with Crippen molar-refractivity contribution in [3.8, 4) is 5.75 Å². The molecule has 0 saturated carbocycles. The molecule has 0 aliphatic rings. The van der Waals surface area contributed by atoms with E-state index in [2.05, 4.69) is 10.3 Å². The monoisotopic (exact) mass is 380 g/mol. The number of carbonyl (C=O) groups excluding carboxylic acids is 1. The number of anilines is 1. The number of thiazole rings is 1. The molecule has 2 aromatic carbocycles. The van der Waals surface area contributed by atoms with Crippen LogP contribution in [0.4, 0.5) is 5.13 Å². The Labute approximate surface area is 153 Å². The smallest absolute Gasteiger partial charge is 0.243 e. The maximum atomic E-state index is 11.6. The average Bonchev–Trinajstić information content (AvgIpc) is 2.95. The summed E-state index contributed by atoms with van der Waals surface area (Å²) in [6.07, 6.45) is 0. The van der Waals surface area contributed by atoms with E-state index in [1.807, 2.05) is 42.5 Å². The normalized spacial score (nSPS) is 12.1. The summed E-state index contributed by atoms with van der Waals surface area (Å²) in [5.74, 6) is 0.472. The summed E-state index contributed by atoms with van der Waals surface area (Å²) in [7, 11) is 0. The van der Waals surface area contributed by atoms with E-state index < -0.39 is 5.38 Å². The molecule has 7 heteroatoms. The summed E-state index contributed by atoms with van der Waals surface area (Å²) in [6.45, 7) is 2.07. The van der Waals surface area contributed by atoms with Crippen LogP contribution in [-0.2, 0) is 11.4 Å². The summed E-state index contributed by atoms with van der Waals surface area (Å²) in [4.78, 5) is 16.0. The lowest BCUT2D eigenvalue weighted by Gasteiger charge is -2.06. The number of aromatic nitrogens is 1. The quantitative estimate of drug-likeness (QED) is 0.626. The number of alkyl halides is 1. The topological polar surface area (TPSA) is 51.2 Å². The molecule has 24 heavy (non-hydrogen) atoms. The molecule has 1 N–H and O–H groups in total. The van der Waals surface area contributed by atoms with Crippen LogP contribution in [-0.4, -0.2) is 16.3 Å². The fourth-order valence-electron chi connectivity index (χ4n) is 2.00. The van der Waals surface area contributed by atoms with E-state index in [0.717, 1.165) is 21.5 Å². The highest BCUT2D eigenvalue weighted by atomic mass is 35.5. The van der Waals surface area contributed by atoms with Gasteiger partial charge in [-0.15, -0.1) is 11.6 Å². The van der Waals surface area contributed by atoms with Crippen molar-refractivity contribution in [3.63, 3.8) is 0 Å². The van der Waals surface area contributed by atoms with E-state index in [-0.39, 0.29) is 5.91 Å². The fraction of sp³-hybridized carbons (Fsp3) is 0.176. The Bertz CT molecular complexity index is 863. The van der Waals surface area contributed by atoms with Crippen LogP contribution in [0, 0.1) is 0 Å². The summed E-state index contributed by atoms with van der Waals surface area (Å²) < 4.78 is 6.73. The van der Waals surface area contributed by atoms with E-state index in [9.17, 15) is 4.79 Å². The van der Waals surface area contributed by atoms with Gasteiger partial charge in [0.2, 0.25) is 5.91 Å². The zero-order valence-corrected chi connectivity index (χ0v) is 15.1. The SMILES string of the molecule is C[C@H](Cl)C(=O)Nc1nc2ccc(OCc3ccc(Cl)cc3)cc2s1. The number of rotatable bonds is 5. The first-order valence-corrected chi connectivity index (χ1v) is 8.87. The molecule has 4 nitrogen and oxygen atoms in total. The zero-order chi connectivity index (χ0) is 17.1. The van der Waals surface area contributed by atoms with Gasteiger partial charge in [-0.05, 0) is 42.8 Å². The maximum absolute atomic E-state index is 11.6. The van der Waals surface area contributed by atoms with Crippen LogP contribution in [0.3, 0.4) is 0 Å². The van der Waals surface area contributed by atoms with Crippen molar-refractivity contribution in [1.82, 2.24) is 4.98 Å². The molecule has 0 aliphatic heterocycles. The van der Waals surface area contributed by atoms with Crippen LogP contribution in [0.15, 0.2) is 42.5 Å². The van der Waals surface area contributed by atoms with Gasteiger partial charge in [-0.2, -0.15) is 0 Å². The Morgan fingerprint density at radius 2 is 2.04 bits per heavy atom. The number of fused-ring (bicyclic) bond motifs is 1. The maximum Gasteiger partial charge on any atom is 0.243 e. The summed E-state index contributed by atoms with van der Waals surface area (Å²) >= 11 is 13.0. The molecule has 0 saturated heterocycles. The highest BCUT2D eigenvalue weighted by Crippen LogP contribution is 2.29. The standard InChI is InChI=1S/C17H14Cl2N2O2S/c1-10(18)16(22)21-17-20-14-7-6-13(8-15(14)24-17)23-9-11-2-4-12(19)5-3-11/h2-8,10H,9H2,1H3,(H,20,21,22)/t10-/m0/s1. The Morgan fingerprint density at radius 1 is 1.29 bits per heavy atom. The molecule has 0 bridgehead atoms. The number of carbonyl (C=O) groups is 1. The number of nitrogens with zero attached hydrogens (tertiary/aromatic N) is 1. The van der Waals surface area contributed by atoms with Gasteiger partial charge < -0.3 is 10.1 Å². The van der Waals surface area contributed by atoms with Gasteiger partial charge in [0.15, 0.2) is 5.13 Å². The summed E-state index contributed by atoms with van der Waals surface area (Å²) in [5.41, 5.74) is 1.84. The number of amides is 1. The lowest BCUT2D eigenvalue weighted by molar-refractivity contribution is -0.115. The van der Waals surface area contributed by atoms with E-state index >= 15 is 0 Å². The third-order valence-corrected chi connectivity index (χ3v) is 4.65. The van der Waals surface area contributed by atoms with Crippen LogP contribution in [0.2, 0.25) is 5.02 Å². The minimum Gasteiger partial charge on any atom is -0.489 e. The molecular formula is C17H14Cl2N2O2S. The van der Waals surface area contributed by atoms with Gasteiger partial charge in [0.1, 0.15) is 17.7 Å². The van der Waals surface area contributed by atoms with Crippen LogP contribution < -0.4 is 10.1 Å². The van der Waals surface area contributed by atoms with Gasteiger partial charge in [-0.3, -0.25) is 4.79 Å². The van der Waals surface area contributed by atoms with Crippen LogP contribution in [0.25, 0.3) is 10.2 Å².